The van der Waals surface area contributed by atoms with Crippen LogP contribution < -0.4 is 0 Å². The van der Waals surface area contributed by atoms with Gasteiger partial charge >= 0.3 is 5.97 Å². The lowest BCUT2D eigenvalue weighted by atomic mass is 9.99. The van der Waals surface area contributed by atoms with Gasteiger partial charge in [0.25, 0.3) is 0 Å². The Labute approximate surface area is 115 Å². The molecule has 0 saturated heterocycles. The molecule has 20 heavy (non-hydrogen) atoms. The molecule has 0 aliphatic heterocycles. The summed E-state index contributed by atoms with van der Waals surface area (Å²) in [6.07, 6.45) is 0.246. The van der Waals surface area contributed by atoms with Crippen molar-refractivity contribution in [3.63, 3.8) is 0 Å². The van der Waals surface area contributed by atoms with Gasteiger partial charge in [-0.1, -0.05) is 13.0 Å². The number of nitrogens with zero attached hydrogens (tertiary/aromatic N) is 1. The second kappa shape index (κ2) is 6.27. The fourth-order valence-electron chi connectivity index (χ4n) is 1.91. The number of Topliss-reactive ketones (excluding diaryl/α,β-unsaturated/α-hetero) is 1. The number of halogens is 2. The number of carbonyl (C=O) groups is 2. The van der Waals surface area contributed by atoms with Gasteiger partial charge < -0.3 is 10.0 Å². The van der Waals surface area contributed by atoms with Gasteiger partial charge in [-0.25, -0.2) is 13.6 Å². The van der Waals surface area contributed by atoms with Gasteiger partial charge in [0.05, 0.1) is 5.56 Å². The predicted octanol–water partition coefficient (Wildman–Crippen LogP) is 2.46. The minimum absolute atomic E-state index is 0.199. The molecule has 0 spiro atoms. The quantitative estimate of drug-likeness (QED) is 0.390. The lowest BCUT2D eigenvalue weighted by Crippen LogP contribution is -2.23. The van der Waals surface area contributed by atoms with Crippen LogP contribution >= 0.6 is 0 Å². The lowest BCUT2D eigenvalue weighted by molar-refractivity contribution is -0.132. The first kappa shape index (κ1) is 15.8. The van der Waals surface area contributed by atoms with Crippen molar-refractivity contribution in [1.29, 1.82) is 0 Å². The van der Waals surface area contributed by atoms with E-state index < -0.39 is 34.5 Å². The molecule has 0 aromatic heterocycles. The van der Waals surface area contributed by atoms with E-state index in [9.17, 15) is 23.5 Å². The number of hydrogen-bond acceptors (Lipinski definition) is 3. The third kappa shape index (κ3) is 3.01. The standard InChI is InChI=1S/C14H15F2NO3/c1-4-10(17(2)3)12(14(19)20)13(18)11-8(15)6-5-7-9(11)16/h5-7H,4H2,1-3H3,(H,19,20)/b12-10-. The minimum Gasteiger partial charge on any atom is -0.477 e. The van der Waals surface area contributed by atoms with Crippen LogP contribution in [0.4, 0.5) is 8.78 Å². The Morgan fingerprint density at radius 1 is 1.20 bits per heavy atom. The highest BCUT2D eigenvalue weighted by molar-refractivity contribution is 6.24. The lowest BCUT2D eigenvalue weighted by Gasteiger charge is -2.18. The van der Waals surface area contributed by atoms with Crippen LogP contribution in [0.25, 0.3) is 0 Å². The number of benzene rings is 1. The highest BCUT2D eigenvalue weighted by Crippen LogP contribution is 2.21. The van der Waals surface area contributed by atoms with Gasteiger partial charge in [-0.2, -0.15) is 0 Å². The number of hydrogen-bond donors (Lipinski definition) is 1. The average molecular weight is 283 g/mol. The Morgan fingerprint density at radius 3 is 2.05 bits per heavy atom. The molecule has 0 atom stereocenters. The summed E-state index contributed by atoms with van der Waals surface area (Å²) in [5.41, 5.74) is -1.27. The first-order chi connectivity index (χ1) is 9.31. The van der Waals surface area contributed by atoms with E-state index >= 15 is 0 Å². The van der Waals surface area contributed by atoms with Gasteiger partial charge in [-0.05, 0) is 18.6 Å². The van der Waals surface area contributed by atoms with Gasteiger partial charge in [-0.3, -0.25) is 4.79 Å². The van der Waals surface area contributed by atoms with Crippen molar-refractivity contribution in [1.82, 2.24) is 4.90 Å². The summed E-state index contributed by atoms with van der Waals surface area (Å²) >= 11 is 0. The third-order valence-electron chi connectivity index (χ3n) is 2.79. The number of carboxylic acids is 1. The van der Waals surface area contributed by atoms with Crippen LogP contribution in [-0.2, 0) is 4.79 Å². The van der Waals surface area contributed by atoms with Crippen molar-refractivity contribution in [2.75, 3.05) is 14.1 Å². The van der Waals surface area contributed by atoms with Crippen LogP contribution in [0.15, 0.2) is 29.5 Å². The fraction of sp³-hybridized carbons (Fsp3) is 0.286. The van der Waals surface area contributed by atoms with Crippen molar-refractivity contribution >= 4 is 11.8 Å². The summed E-state index contributed by atoms with van der Waals surface area (Å²) in [7, 11) is 3.12. The predicted molar refractivity (Wildman–Crippen MR) is 69.3 cm³/mol. The Morgan fingerprint density at radius 2 is 1.70 bits per heavy atom. The van der Waals surface area contributed by atoms with Crippen LogP contribution in [0.1, 0.15) is 23.7 Å². The van der Waals surface area contributed by atoms with E-state index in [1.54, 1.807) is 21.0 Å². The Hall–Kier alpha value is -2.24. The number of ketones is 1. The van der Waals surface area contributed by atoms with Gasteiger partial charge in [0.2, 0.25) is 5.78 Å². The Kier molecular flexibility index (Phi) is 4.96. The van der Waals surface area contributed by atoms with E-state index in [1.807, 2.05) is 0 Å². The number of rotatable bonds is 5. The molecule has 1 aromatic rings. The Balaban J connectivity index is 3.52. The summed E-state index contributed by atoms with van der Waals surface area (Å²) in [6, 6.07) is 2.94. The van der Waals surface area contributed by atoms with Crippen LogP contribution in [-0.4, -0.2) is 35.9 Å². The zero-order valence-electron chi connectivity index (χ0n) is 11.4. The van der Waals surface area contributed by atoms with E-state index in [4.69, 9.17) is 0 Å². The summed E-state index contributed by atoms with van der Waals surface area (Å²) in [5.74, 6) is -4.84. The van der Waals surface area contributed by atoms with Gasteiger partial charge in [0, 0.05) is 19.8 Å². The molecule has 6 heteroatoms. The second-order valence-corrected chi connectivity index (χ2v) is 4.30. The van der Waals surface area contributed by atoms with Crippen LogP contribution in [0.3, 0.4) is 0 Å². The highest BCUT2D eigenvalue weighted by atomic mass is 19.1. The molecule has 1 aromatic carbocycles. The molecule has 4 nitrogen and oxygen atoms in total. The van der Waals surface area contributed by atoms with Crippen molar-refractivity contribution in [2.24, 2.45) is 0 Å². The third-order valence-corrected chi connectivity index (χ3v) is 2.79. The molecular formula is C14H15F2NO3. The van der Waals surface area contributed by atoms with E-state index in [2.05, 4.69) is 0 Å². The second-order valence-electron chi connectivity index (χ2n) is 4.30. The topological polar surface area (TPSA) is 57.6 Å². The maximum absolute atomic E-state index is 13.6. The molecule has 0 radical (unpaired) electrons. The molecule has 0 aliphatic rings. The van der Waals surface area contributed by atoms with E-state index in [1.165, 1.54) is 4.90 Å². The molecule has 0 bridgehead atoms. The van der Waals surface area contributed by atoms with Gasteiger partial charge in [0.15, 0.2) is 0 Å². The molecular weight excluding hydrogens is 268 g/mol. The summed E-state index contributed by atoms with van der Waals surface area (Å²) in [5, 5.41) is 9.19. The monoisotopic (exact) mass is 283 g/mol. The van der Waals surface area contributed by atoms with Crippen LogP contribution in [0, 0.1) is 11.6 Å². The zero-order chi connectivity index (χ0) is 15.4. The Bertz CT molecular complexity index is 560. The van der Waals surface area contributed by atoms with Crippen molar-refractivity contribution < 1.29 is 23.5 Å². The molecule has 1 N–H and O–H groups in total. The number of carbonyl (C=O) groups excluding carboxylic acids is 1. The van der Waals surface area contributed by atoms with E-state index in [0.717, 1.165) is 18.2 Å². The smallest absolute Gasteiger partial charge is 0.341 e. The molecule has 0 aliphatic carbocycles. The molecule has 108 valence electrons. The molecule has 1 rings (SSSR count). The fourth-order valence-corrected chi connectivity index (χ4v) is 1.91. The first-order valence-electron chi connectivity index (χ1n) is 5.93. The van der Waals surface area contributed by atoms with Crippen molar-refractivity contribution in [2.45, 2.75) is 13.3 Å². The van der Waals surface area contributed by atoms with E-state index in [0.29, 0.717) is 0 Å². The van der Waals surface area contributed by atoms with Crippen LogP contribution in [0.5, 0.6) is 0 Å². The molecule has 0 saturated carbocycles. The average Bonchev–Trinajstić information content (AvgIpc) is 2.34. The first-order valence-corrected chi connectivity index (χ1v) is 5.93. The zero-order valence-corrected chi connectivity index (χ0v) is 11.4. The minimum atomic E-state index is -1.51. The number of carboxylic acid groups (broad SMARTS) is 1. The summed E-state index contributed by atoms with van der Waals surface area (Å²) < 4.78 is 27.2. The molecule has 0 fully saturated rings. The number of aliphatic carboxylic acids is 1. The van der Waals surface area contributed by atoms with Gasteiger partial charge in [0.1, 0.15) is 17.2 Å². The summed E-state index contributed by atoms with van der Waals surface area (Å²) in [4.78, 5) is 24.9. The maximum Gasteiger partial charge on any atom is 0.341 e. The van der Waals surface area contributed by atoms with Crippen LogP contribution in [0.2, 0.25) is 0 Å². The SMILES string of the molecule is CC/C(=C(/C(=O)O)C(=O)c1c(F)cccc1F)N(C)C. The van der Waals surface area contributed by atoms with Crippen molar-refractivity contribution in [3.8, 4) is 0 Å². The van der Waals surface area contributed by atoms with Gasteiger partial charge in [-0.15, -0.1) is 0 Å². The summed E-state index contributed by atoms with van der Waals surface area (Å²) in [6.45, 7) is 1.66. The molecule has 0 unspecified atom stereocenters. The van der Waals surface area contributed by atoms with Crippen molar-refractivity contribution in [3.05, 3.63) is 46.7 Å². The highest BCUT2D eigenvalue weighted by Gasteiger charge is 2.28. The normalized spacial score (nSPS) is 11.8. The number of allylic oxidation sites excluding steroid dienone is 1. The molecule has 0 heterocycles. The largest absolute Gasteiger partial charge is 0.477 e. The maximum atomic E-state index is 13.6. The van der Waals surface area contributed by atoms with E-state index in [-0.39, 0.29) is 12.1 Å². The molecule has 0 amide bonds.